The number of aryl methyl sites for hydroxylation is 1. The minimum atomic E-state index is 0.786. The number of allylic oxidation sites excluding steroid dienone is 1. The lowest BCUT2D eigenvalue weighted by atomic mass is 10.2. The molecule has 14 heavy (non-hydrogen) atoms. The van der Waals surface area contributed by atoms with E-state index in [0.717, 1.165) is 25.3 Å². The molecule has 0 amide bonds. The Balaban J connectivity index is 2.53. The fourth-order valence-corrected chi connectivity index (χ4v) is 1.36. The van der Waals surface area contributed by atoms with E-state index in [4.69, 9.17) is 0 Å². The van der Waals surface area contributed by atoms with Crippen LogP contribution < -0.4 is 5.32 Å². The lowest BCUT2D eigenvalue weighted by Crippen LogP contribution is -2.13. The quantitative estimate of drug-likeness (QED) is 0.552. The summed E-state index contributed by atoms with van der Waals surface area (Å²) in [5, 5.41) is 7.75. The molecule has 0 aliphatic carbocycles. The monoisotopic (exact) mass is 193 g/mol. The summed E-state index contributed by atoms with van der Waals surface area (Å²) >= 11 is 0. The molecule has 3 nitrogen and oxygen atoms in total. The summed E-state index contributed by atoms with van der Waals surface area (Å²) in [6.45, 7) is 10.7. The number of aromatic nitrogens is 2. The highest BCUT2D eigenvalue weighted by atomic mass is 15.3. The Kier molecular flexibility index (Phi) is 4.40. The van der Waals surface area contributed by atoms with Gasteiger partial charge in [0.1, 0.15) is 0 Å². The molecule has 0 spiro atoms. The minimum Gasteiger partial charge on any atom is -0.313 e. The molecule has 0 aliphatic heterocycles. The molecule has 0 saturated heterocycles. The molecule has 0 saturated carbocycles. The molecular formula is C11H19N3. The molecule has 0 unspecified atom stereocenters. The lowest BCUT2D eigenvalue weighted by Gasteiger charge is -1.99. The van der Waals surface area contributed by atoms with Crippen LogP contribution in [0, 0.1) is 6.92 Å². The molecule has 0 fully saturated rings. The van der Waals surface area contributed by atoms with Crippen molar-refractivity contribution in [2.24, 2.45) is 0 Å². The Morgan fingerprint density at radius 2 is 2.43 bits per heavy atom. The largest absolute Gasteiger partial charge is 0.313 e. The summed E-state index contributed by atoms with van der Waals surface area (Å²) in [7, 11) is 0. The van der Waals surface area contributed by atoms with E-state index in [1.165, 1.54) is 12.0 Å². The third-order valence-corrected chi connectivity index (χ3v) is 2.11. The van der Waals surface area contributed by atoms with Crippen LogP contribution in [0.2, 0.25) is 0 Å². The molecule has 0 radical (unpaired) electrons. The average Bonchev–Trinajstić information content (AvgIpc) is 2.48. The molecular weight excluding hydrogens is 174 g/mol. The van der Waals surface area contributed by atoms with Gasteiger partial charge in [0.2, 0.25) is 0 Å². The van der Waals surface area contributed by atoms with Gasteiger partial charge in [-0.1, -0.05) is 13.0 Å². The van der Waals surface area contributed by atoms with E-state index in [1.807, 2.05) is 17.7 Å². The summed E-state index contributed by atoms with van der Waals surface area (Å²) in [6, 6.07) is 0. The SMILES string of the molecule is C=CCn1cc(CNCCC)c(C)n1. The zero-order chi connectivity index (χ0) is 10.4. The van der Waals surface area contributed by atoms with Crippen molar-refractivity contribution in [3.8, 4) is 0 Å². The summed E-state index contributed by atoms with van der Waals surface area (Å²) in [4.78, 5) is 0. The fourth-order valence-electron chi connectivity index (χ4n) is 1.36. The van der Waals surface area contributed by atoms with Gasteiger partial charge in [0, 0.05) is 18.3 Å². The van der Waals surface area contributed by atoms with Gasteiger partial charge in [-0.05, 0) is 19.9 Å². The van der Waals surface area contributed by atoms with E-state index >= 15 is 0 Å². The molecule has 3 heteroatoms. The molecule has 0 bridgehead atoms. The van der Waals surface area contributed by atoms with E-state index in [0.29, 0.717) is 0 Å². The van der Waals surface area contributed by atoms with Crippen LogP contribution in [-0.2, 0) is 13.1 Å². The highest BCUT2D eigenvalue weighted by Gasteiger charge is 2.02. The first-order chi connectivity index (χ1) is 6.77. The second-order valence-corrected chi connectivity index (χ2v) is 3.43. The van der Waals surface area contributed by atoms with Crippen molar-refractivity contribution >= 4 is 0 Å². The summed E-state index contributed by atoms with van der Waals surface area (Å²) in [6.07, 6.45) is 5.11. The van der Waals surface area contributed by atoms with Crippen molar-refractivity contribution in [1.29, 1.82) is 0 Å². The molecule has 1 aromatic rings. The van der Waals surface area contributed by atoms with Crippen LogP contribution in [0.15, 0.2) is 18.9 Å². The minimum absolute atomic E-state index is 0.786. The number of nitrogens with zero attached hydrogens (tertiary/aromatic N) is 2. The molecule has 1 rings (SSSR count). The van der Waals surface area contributed by atoms with Crippen LogP contribution >= 0.6 is 0 Å². The molecule has 78 valence electrons. The van der Waals surface area contributed by atoms with Gasteiger partial charge in [0.25, 0.3) is 0 Å². The van der Waals surface area contributed by atoms with Gasteiger partial charge in [-0.2, -0.15) is 5.10 Å². The maximum absolute atomic E-state index is 4.38. The van der Waals surface area contributed by atoms with E-state index in [1.54, 1.807) is 0 Å². The zero-order valence-electron chi connectivity index (χ0n) is 9.08. The van der Waals surface area contributed by atoms with E-state index in [2.05, 4.69) is 30.1 Å². The lowest BCUT2D eigenvalue weighted by molar-refractivity contribution is 0.671. The van der Waals surface area contributed by atoms with E-state index in [9.17, 15) is 0 Å². The number of rotatable bonds is 6. The average molecular weight is 193 g/mol. The number of nitrogens with one attached hydrogen (secondary N) is 1. The number of hydrogen-bond donors (Lipinski definition) is 1. The summed E-state index contributed by atoms with van der Waals surface area (Å²) < 4.78 is 1.92. The van der Waals surface area contributed by atoms with Crippen molar-refractivity contribution in [2.75, 3.05) is 6.54 Å². The molecule has 0 aromatic carbocycles. The Morgan fingerprint density at radius 1 is 1.64 bits per heavy atom. The van der Waals surface area contributed by atoms with Crippen LogP contribution in [0.5, 0.6) is 0 Å². The molecule has 0 aliphatic rings. The Hall–Kier alpha value is -1.09. The normalized spacial score (nSPS) is 10.4. The standard InChI is InChI=1S/C11H19N3/c1-4-6-12-8-11-9-14(7-5-2)13-10(11)3/h5,9,12H,2,4,6-8H2,1,3H3. The van der Waals surface area contributed by atoms with Crippen LogP contribution in [-0.4, -0.2) is 16.3 Å². The molecule has 1 aromatic heterocycles. The highest BCUT2D eigenvalue weighted by molar-refractivity contribution is 5.15. The maximum Gasteiger partial charge on any atom is 0.0638 e. The third kappa shape index (κ3) is 3.00. The van der Waals surface area contributed by atoms with Gasteiger partial charge in [0.15, 0.2) is 0 Å². The van der Waals surface area contributed by atoms with Crippen molar-refractivity contribution in [3.05, 3.63) is 30.1 Å². The topological polar surface area (TPSA) is 29.9 Å². The van der Waals surface area contributed by atoms with Gasteiger partial charge in [-0.25, -0.2) is 0 Å². The van der Waals surface area contributed by atoms with Gasteiger partial charge in [0.05, 0.1) is 12.2 Å². The van der Waals surface area contributed by atoms with Gasteiger partial charge < -0.3 is 5.32 Å². The molecule has 0 atom stereocenters. The van der Waals surface area contributed by atoms with Gasteiger partial charge in [-0.15, -0.1) is 6.58 Å². The molecule has 1 N–H and O–H groups in total. The zero-order valence-corrected chi connectivity index (χ0v) is 9.08. The van der Waals surface area contributed by atoms with Gasteiger partial charge in [-0.3, -0.25) is 4.68 Å². The number of hydrogen-bond acceptors (Lipinski definition) is 2. The van der Waals surface area contributed by atoms with Crippen molar-refractivity contribution in [1.82, 2.24) is 15.1 Å². The third-order valence-electron chi connectivity index (χ3n) is 2.11. The van der Waals surface area contributed by atoms with Crippen LogP contribution in [0.1, 0.15) is 24.6 Å². The van der Waals surface area contributed by atoms with Crippen LogP contribution in [0.4, 0.5) is 0 Å². The first-order valence-electron chi connectivity index (χ1n) is 5.12. The second kappa shape index (κ2) is 5.60. The highest BCUT2D eigenvalue weighted by Crippen LogP contribution is 2.04. The van der Waals surface area contributed by atoms with Crippen LogP contribution in [0.25, 0.3) is 0 Å². The Morgan fingerprint density at radius 3 is 3.07 bits per heavy atom. The summed E-state index contributed by atoms with van der Waals surface area (Å²) in [5.74, 6) is 0. The van der Waals surface area contributed by atoms with Crippen molar-refractivity contribution in [2.45, 2.75) is 33.4 Å². The summed E-state index contributed by atoms with van der Waals surface area (Å²) in [5.41, 5.74) is 2.38. The predicted octanol–water partition coefficient (Wildman–Crippen LogP) is 1.88. The Bertz CT molecular complexity index is 289. The van der Waals surface area contributed by atoms with Crippen molar-refractivity contribution in [3.63, 3.8) is 0 Å². The molecule has 1 heterocycles. The van der Waals surface area contributed by atoms with E-state index in [-0.39, 0.29) is 0 Å². The first kappa shape index (κ1) is 11.0. The van der Waals surface area contributed by atoms with E-state index < -0.39 is 0 Å². The maximum atomic E-state index is 4.38. The second-order valence-electron chi connectivity index (χ2n) is 3.43. The van der Waals surface area contributed by atoms with Gasteiger partial charge >= 0.3 is 0 Å². The Labute approximate surface area is 85.8 Å². The predicted molar refractivity (Wildman–Crippen MR) is 59.2 cm³/mol. The first-order valence-corrected chi connectivity index (χ1v) is 5.12. The fraction of sp³-hybridized carbons (Fsp3) is 0.545. The smallest absolute Gasteiger partial charge is 0.0638 e. The van der Waals surface area contributed by atoms with Crippen LogP contribution in [0.3, 0.4) is 0 Å². The van der Waals surface area contributed by atoms with Crippen molar-refractivity contribution < 1.29 is 0 Å².